The van der Waals surface area contributed by atoms with Crippen LogP contribution in [0.5, 0.6) is 0 Å². The summed E-state index contributed by atoms with van der Waals surface area (Å²) in [6.45, 7) is 9.61. The highest BCUT2D eigenvalue weighted by Gasteiger charge is 2.10. The van der Waals surface area contributed by atoms with E-state index >= 15 is 0 Å². The summed E-state index contributed by atoms with van der Waals surface area (Å²) in [4.78, 5) is 6.75. The van der Waals surface area contributed by atoms with Crippen molar-refractivity contribution in [3.63, 3.8) is 0 Å². The molecular weight excluding hydrogens is 198 g/mol. The fourth-order valence-corrected chi connectivity index (χ4v) is 1.84. The Morgan fingerprint density at radius 3 is 2.38 bits per heavy atom. The van der Waals surface area contributed by atoms with Crippen LogP contribution in [-0.4, -0.2) is 17.6 Å². The SMILES string of the molecule is CCC(N)c1ccc(N(CC)C(C)C)cn1. The van der Waals surface area contributed by atoms with Crippen molar-refractivity contribution in [3.05, 3.63) is 24.0 Å². The van der Waals surface area contributed by atoms with Gasteiger partial charge in [-0.3, -0.25) is 4.98 Å². The van der Waals surface area contributed by atoms with Crippen molar-refractivity contribution in [2.24, 2.45) is 5.73 Å². The molecule has 90 valence electrons. The van der Waals surface area contributed by atoms with Crippen LogP contribution in [0.15, 0.2) is 18.3 Å². The average molecular weight is 221 g/mol. The van der Waals surface area contributed by atoms with Crippen LogP contribution < -0.4 is 10.6 Å². The molecule has 0 spiro atoms. The Balaban J connectivity index is 2.85. The minimum atomic E-state index is 0.0585. The van der Waals surface area contributed by atoms with Crippen LogP contribution in [0.2, 0.25) is 0 Å². The summed E-state index contributed by atoms with van der Waals surface area (Å²) in [6, 6.07) is 4.70. The molecule has 1 rings (SSSR count). The summed E-state index contributed by atoms with van der Waals surface area (Å²) >= 11 is 0. The van der Waals surface area contributed by atoms with E-state index in [0.717, 1.165) is 18.7 Å². The van der Waals surface area contributed by atoms with Gasteiger partial charge in [0.15, 0.2) is 0 Å². The standard InChI is InChI=1S/C13H23N3/c1-5-12(14)13-8-7-11(9-15-13)16(6-2)10(3)4/h7-10,12H,5-6,14H2,1-4H3. The Labute approximate surface area is 98.7 Å². The number of anilines is 1. The van der Waals surface area contributed by atoms with Crippen molar-refractivity contribution < 1.29 is 0 Å². The zero-order valence-corrected chi connectivity index (χ0v) is 10.8. The van der Waals surface area contributed by atoms with Gasteiger partial charge < -0.3 is 10.6 Å². The Bertz CT molecular complexity index is 305. The summed E-state index contributed by atoms with van der Waals surface area (Å²) in [5.74, 6) is 0. The number of pyridine rings is 1. The van der Waals surface area contributed by atoms with Gasteiger partial charge in [-0.25, -0.2) is 0 Å². The maximum Gasteiger partial charge on any atom is 0.0572 e. The molecule has 2 N–H and O–H groups in total. The molecule has 0 aliphatic heterocycles. The fourth-order valence-electron chi connectivity index (χ4n) is 1.84. The Kier molecular flexibility index (Phi) is 4.74. The van der Waals surface area contributed by atoms with E-state index in [-0.39, 0.29) is 6.04 Å². The molecule has 0 aliphatic rings. The van der Waals surface area contributed by atoms with Crippen molar-refractivity contribution in [1.29, 1.82) is 0 Å². The Hall–Kier alpha value is -1.09. The van der Waals surface area contributed by atoms with E-state index in [2.05, 4.69) is 43.6 Å². The van der Waals surface area contributed by atoms with Crippen molar-refractivity contribution in [1.82, 2.24) is 4.98 Å². The Morgan fingerprint density at radius 1 is 1.31 bits per heavy atom. The Morgan fingerprint density at radius 2 is 2.00 bits per heavy atom. The number of aromatic nitrogens is 1. The van der Waals surface area contributed by atoms with E-state index < -0.39 is 0 Å². The van der Waals surface area contributed by atoms with Gasteiger partial charge >= 0.3 is 0 Å². The van der Waals surface area contributed by atoms with Crippen LogP contribution in [-0.2, 0) is 0 Å². The summed E-state index contributed by atoms with van der Waals surface area (Å²) in [5.41, 5.74) is 8.09. The molecule has 0 bridgehead atoms. The number of nitrogens with two attached hydrogens (primary N) is 1. The molecule has 0 aliphatic carbocycles. The van der Waals surface area contributed by atoms with Crippen LogP contribution in [0.1, 0.15) is 45.9 Å². The molecular formula is C13H23N3. The van der Waals surface area contributed by atoms with Gasteiger partial charge in [-0.2, -0.15) is 0 Å². The van der Waals surface area contributed by atoms with Gasteiger partial charge in [-0.05, 0) is 39.3 Å². The number of hydrogen-bond acceptors (Lipinski definition) is 3. The molecule has 1 heterocycles. The lowest BCUT2D eigenvalue weighted by atomic mass is 10.1. The quantitative estimate of drug-likeness (QED) is 0.831. The van der Waals surface area contributed by atoms with Crippen molar-refractivity contribution in [3.8, 4) is 0 Å². The topological polar surface area (TPSA) is 42.1 Å². The van der Waals surface area contributed by atoms with Gasteiger partial charge in [0, 0.05) is 18.6 Å². The molecule has 0 aromatic carbocycles. The first-order chi connectivity index (χ1) is 7.60. The lowest BCUT2D eigenvalue weighted by molar-refractivity contribution is 0.670. The first-order valence-electron chi connectivity index (χ1n) is 6.08. The second-order valence-electron chi connectivity index (χ2n) is 4.34. The first kappa shape index (κ1) is 13.0. The molecule has 1 unspecified atom stereocenters. The van der Waals surface area contributed by atoms with Crippen LogP contribution in [0.25, 0.3) is 0 Å². The summed E-state index contributed by atoms with van der Waals surface area (Å²) in [5, 5.41) is 0. The summed E-state index contributed by atoms with van der Waals surface area (Å²) in [6.07, 6.45) is 2.85. The highest BCUT2D eigenvalue weighted by Crippen LogP contribution is 2.18. The third-order valence-corrected chi connectivity index (χ3v) is 2.89. The minimum Gasteiger partial charge on any atom is -0.368 e. The largest absolute Gasteiger partial charge is 0.368 e. The lowest BCUT2D eigenvalue weighted by Gasteiger charge is -2.27. The first-order valence-corrected chi connectivity index (χ1v) is 6.08. The molecule has 3 heteroatoms. The van der Waals surface area contributed by atoms with Crippen molar-refractivity contribution in [2.45, 2.75) is 46.2 Å². The smallest absolute Gasteiger partial charge is 0.0572 e. The molecule has 16 heavy (non-hydrogen) atoms. The van der Waals surface area contributed by atoms with Crippen LogP contribution in [0.4, 0.5) is 5.69 Å². The number of nitrogens with zero attached hydrogens (tertiary/aromatic N) is 2. The van der Waals surface area contributed by atoms with E-state index in [1.165, 1.54) is 5.69 Å². The van der Waals surface area contributed by atoms with Gasteiger partial charge in [0.05, 0.1) is 17.6 Å². The molecule has 1 aromatic rings. The monoisotopic (exact) mass is 221 g/mol. The van der Waals surface area contributed by atoms with E-state index in [9.17, 15) is 0 Å². The summed E-state index contributed by atoms with van der Waals surface area (Å²) in [7, 11) is 0. The van der Waals surface area contributed by atoms with E-state index in [1.807, 2.05) is 12.3 Å². The molecule has 0 saturated carbocycles. The van der Waals surface area contributed by atoms with Gasteiger partial charge in [-0.1, -0.05) is 6.92 Å². The van der Waals surface area contributed by atoms with E-state index in [4.69, 9.17) is 5.73 Å². The number of rotatable bonds is 5. The highest BCUT2D eigenvalue weighted by atomic mass is 15.1. The second kappa shape index (κ2) is 5.85. The van der Waals surface area contributed by atoms with Crippen LogP contribution >= 0.6 is 0 Å². The normalized spacial score (nSPS) is 12.9. The van der Waals surface area contributed by atoms with Gasteiger partial charge in [0.1, 0.15) is 0 Å². The molecule has 0 amide bonds. The maximum atomic E-state index is 5.94. The van der Waals surface area contributed by atoms with Crippen LogP contribution in [0.3, 0.4) is 0 Å². The predicted octanol–water partition coefficient (Wildman–Crippen LogP) is 2.73. The van der Waals surface area contributed by atoms with E-state index in [1.54, 1.807) is 0 Å². The molecule has 1 atom stereocenters. The van der Waals surface area contributed by atoms with Gasteiger partial charge in [-0.15, -0.1) is 0 Å². The second-order valence-corrected chi connectivity index (χ2v) is 4.34. The zero-order valence-electron chi connectivity index (χ0n) is 10.8. The third-order valence-electron chi connectivity index (χ3n) is 2.89. The maximum absolute atomic E-state index is 5.94. The van der Waals surface area contributed by atoms with Gasteiger partial charge in [0.25, 0.3) is 0 Å². The highest BCUT2D eigenvalue weighted by molar-refractivity contribution is 5.45. The minimum absolute atomic E-state index is 0.0585. The predicted molar refractivity (Wildman–Crippen MR) is 69.6 cm³/mol. The molecule has 1 aromatic heterocycles. The molecule has 0 fully saturated rings. The van der Waals surface area contributed by atoms with Crippen molar-refractivity contribution in [2.75, 3.05) is 11.4 Å². The fraction of sp³-hybridized carbons (Fsp3) is 0.615. The summed E-state index contributed by atoms with van der Waals surface area (Å²) < 4.78 is 0. The van der Waals surface area contributed by atoms with Crippen LogP contribution in [0, 0.1) is 0 Å². The van der Waals surface area contributed by atoms with E-state index in [0.29, 0.717) is 6.04 Å². The number of hydrogen-bond donors (Lipinski definition) is 1. The zero-order chi connectivity index (χ0) is 12.1. The van der Waals surface area contributed by atoms with Gasteiger partial charge in [0.2, 0.25) is 0 Å². The molecule has 0 saturated heterocycles. The van der Waals surface area contributed by atoms with Crippen molar-refractivity contribution >= 4 is 5.69 Å². The molecule has 0 radical (unpaired) electrons. The third kappa shape index (κ3) is 2.95. The lowest BCUT2D eigenvalue weighted by Crippen LogP contribution is -2.30. The molecule has 3 nitrogen and oxygen atoms in total. The average Bonchev–Trinajstić information content (AvgIpc) is 2.29.